The number of hydrogen-bond acceptors (Lipinski definition) is 0. The maximum atomic E-state index is 12.9. The topological polar surface area (TPSA) is 0 Å². The van der Waals surface area contributed by atoms with E-state index in [1.165, 1.54) is 23.3 Å². The lowest BCUT2D eigenvalue weighted by molar-refractivity contribution is 0.626. The molecule has 0 radical (unpaired) electrons. The SMILES string of the molecule is Cc1cccc(C(CCl)Cc2ccc(F)cc2)c1. The zero-order chi connectivity index (χ0) is 13.0. The van der Waals surface area contributed by atoms with Gasteiger partial charge < -0.3 is 0 Å². The molecule has 0 saturated heterocycles. The average molecular weight is 263 g/mol. The molecule has 1 unspecified atom stereocenters. The Bertz CT molecular complexity index is 505. The van der Waals surface area contributed by atoms with E-state index in [4.69, 9.17) is 11.6 Å². The van der Waals surface area contributed by atoms with Gasteiger partial charge in [0.05, 0.1) is 0 Å². The van der Waals surface area contributed by atoms with Crippen LogP contribution < -0.4 is 0 Å². The number of hydrogen-bond donors (Lipinski definition) is 0. The van der Waals surface area contributed by atoms with Crippen LogP contribution in [-0.2, 0) is 6.42 Å². The third kappa shape index (κ3) is 3.33. The molecule has 0 amide bonds. The normalized spacial score (nSPS) is 12.4. The molecule has 1 atom stereocenters. The molecule has 0 aliphatic carbocycles. The lowest BCUT2D eigenvalue weighted by Crippen LogP contribution is -2.05. The van der Waals surface area contributed by atoms with E-state index in [2.05, 4.69) is 31.2 Å². The zero-order valence-corrected chi connectivity index (χ0v) is 11.1. The van der Waals surface area contributed by atoms with Crippen molar-refractivity contribution in [1.29, 1.82) is 0 Å². The van der Waals surface area contributed by atoms with Crippen molar-refractivity contribution >= 4 is 11.6 Å². The van der Waals surface area contributed by atoms with Crippen LogP contribution in [0.4, 0.5) is 4.39 Å². The first kappa shape index (κ1) is 13.1. The second-order valence-corrected chi connectivity index (χ2v) is 4.90. The van der Waals surface area contributed by atoms with Gasteiger partial charge in [0.25, 0.3) is 0 Å². The van der Waals surface area contributed by atoms with Crippen LogP contribution >= 0.6 is 11.6 Å². The molecule has 2 heteroatoms. The van der Waals surface area contributed by atoms with Gasteiger partial charge in [0.1, 0.15) is 5.82 Å². The summed E-state index contributed by atoms with van der Waals surface area (Å²) in [5.41, 5.74) is 3.60. The number of rotatable bonds is 4. The van der Waals surface area contributed by atoms with E-state index in [1.807, 2.05) is 12.1 Å². The molecular weight excluding hydrogens is 247 g/mol. The summed E-state index contributed by atoms with van der Waals surface area (Å²) in [5, 5.41) is 0. The van der Waals surface area contributed by atoms with Gasteiger partial charge in [0, 0.05) is 11.8 Å². The monoisotopic (exact) mass is 262 g/mol. The van der Waals surface area contributed by atoms with E-state index in [0.29, 0.717) is 5.88 Å². The average Bonchev–Trinajstić information content (AvgIpc) is 2.38. The summed E-state index contributed by atoms with van der Waals surface area (Å²) in [6.07, 6.45) is 0.841. The lowest BCUT2D eigenvalue weighted by Gasteiger charge is -2.15. The maximum absolute atomic E-state index is 12.9. The van der Waals surface area contributed by atoms with Crippen LogP contribution in [0.2, 0.25) is 0 Å². The molecule has 0 heterocycles. The highest BCUT2D eigenvalue weighted by Crippen LogP contribution is 2.23. The van der Waals surface area contributed by atoms with Gasteiger partial charge in [-0.05, 0) is 36.6 Å². The molecule has 2 aromatic carbocycles. The molecule has 0 aliphatic rings. The predicted molar refractivity (Wildman–Crippen MR) is 74.7 cm³/mol. The molecule has 0 saturated carbocycles. The van der Waals surface area contributed by atoms with Crippen molar-refractivity contribution in [2.75, 3.05) is 5.88 Å². The molecule has 0 spiro atoms. The highest BCUT2D eigenvalue weighted by molar-refractivity contribution is 6.18. The third-order valence-corrected chi connectivity index (χ3v) is 3.47. The summed E-state index contributed by atoms with van der Waals surface area (Å²) in [6.45, 7) is 2.08. The van der Waals surface area contributed by atoms with E-state index in [0.717, 1.165) is 12.0 Å². The van der Waals surface area contributed by atoms with Crippen LogP contribution in [-0.4, -0.2) is 5.88 Å². The van der Waals surface area contributed by atoms with Crippen molar-refractivity contribution in [2.24, 2.45) is 0 Å². The first-order valence-electron chi connectivity index (χ1n) is 6.06. The summed E-state index contributed by atoms with van der Waals surface area (Å²) in [5.74, 6) is 0.648. The first-order chi connectivity index (χ1) is 8.69. The van der Waals surface area contributed by atoms with Gasteiger partial charge in [0.2, 0.25) is 0 Å². The van der Waals surface area contributed by atoms with Gasteiger partial charge in [-0.15, -0.1) is 11.6 Å². The molecule has 0 fully saturated rings. The van der Waals surface area contributed by atoms with Crippen molar-refractivity contribution < 1.29 is 4.39 Å². The zero-order valence-electron chi connectivity index (χ0n) is 10.4. The number of alkyl halides is 1. The molecule has 0 bridgehead atoms. The fourth-order valence-electron chi connectivity index (χ4n) is 2.09. The standard InChI is InChI=1S/C16H16ClF/c1-12-3-2-4-14(9-12)15(11-17)10-13-5-7-16(18)8-6-13/h2-9,15H,10-11H2,1H3. The van der Waals surface area contributed by atoms with Crippen LogP contribution in [0.15, 0.2) is 48.5 Å². The summed E-state index contributed by atoms with van der Waals surface area (Å²) in [6, 6.07) is 15.0. The van der Waals surface area contributed by atoms with E-state index < -0.39 is 0 Å². The molecule has 2 aromatic rings. The molecule has 0 nitrogen and oxygen atoms in total. The van der Waals surface area contributed by atoms with Gasteiger partial charge in [-0.3, -0.25) is 0 Å². The van der Waals surface area contributed by atoms with Gasteiger partial charge in [-0.1, -0.05) is 42.0 Å². The second kappa shape index (κ2) is 6.01. The molecular formula is C16H16ClF. The van der Waals surface area contributed by atoms with E-state index in [9.17, 15) is 4.39 Å². The van der Waals surface area contributed by atoms with E-state index in [-0.39, 0.29) is 11.7 Å². The fourth-order valence-corrected chi connectivity index (χ4v) is 2.38. The van der Waals surface area contributed by atoms with Crippen LogP contribution in [0.25, 0.3) is 0 Å². The Hall–Kier alpha value is -1.34. The Morgan fingerprint density at radius 3 is 2.44 bits per heavy atom. The van der Waals surface area contributed by atoms with Crippen molar-refractivity contribution in [3.05, 3.63) is 71.0 Å². The van der Waals surface area contributed by atoms with Crippen molar-refractivity contribution in [1.82, 2.24) is 0 Å². The molecule has 94 valence electrons. The summed E-state index contributed by atoms with van der Waals surface area (Å²) in [4.78, 5) is 0. The van der Waals surface area contributed by atoms with Crippen LogP contribution in [0.3, 0.4) is 0 Å². The van der Waals surface area contributed by atoms with Crippen LogP contribution in [0.5, 0.6) is 0 Å². The van der Waals surface area contributed by atoms with Gasteiger partial charge in [-0.2, -0.15) is 0 Å². The molecule has 2 rings (SSSR count). The highest BCUT2D eigenvalue weighted by Gasteiger charge is 2.11. The van der Waals surface area contributed by atoms with Gasteiger partial charge in [0.15, 0.2) is 0 Å². The summed E-state index contributed by atoms with van der Waals surface area (Å²) in [7, 11) is 0. The van der Waals surface area contributed by atoms with Crippen LogP contribution in [0, 0.1) is 12.7 Å². The molecule has 18 heavy (non-hydrogen) atoms. The van der Waals surface area contributed by atoms with Crippen molar-refractivity contribution in [3.63, 3.8) is 0 Å². The Morgan fingerprint density at radius 2 is 1.83 bits per heavy atom. The molecule has 0 aromatic heterocycles. The number of halogens is 2. The van der Waals surface area contributed by atoms with E-state index in [1.54, 1.807) is 0 Å². The first-order valence-corrected chi connectivity index (χ1v) is 6.59. The lowest BCUT2D eigenvalue weighted by atomic mass is 9.92. The third-order valence-electron chi connectivity index (χ3n) is 3.10. The Balaban J connectivity index is 2.17. The quantitative estimate of drug-likeness (QED) is 0.701. The van der Waals surface area contributed by atoms with Gasteiger partial charge in [-0.25, -0.2) is 4.39 Å². The largest absolute Gasteiger partial charge is 0.207 e. The van der Waals surface area contributed by atoms with Crippen molar-refractivity contribution in [2.45, 2.75) is 19.3 Å². The number of benzene rings is 2. The van der Waals surface area contributed by atoms with E-state index >= 15 is 0 Å². The fraction of sp³-hybridized carbons (Fsp3) is 0.250. The Kier molecular flexibility index (Phi) is 4.38. The summed E-state index contributed by atoms with van der Waals surface area (Å²) >= 11 is 6.06. The van der Waals surface area contributed by atoms with Crippen molar-refractivity contribution in [3.8, 4) is 0 Å². The molecule has 0 N–H and O–H groups in total. The number of aryl methyl sites for hydroxylation is 1. The minimum atomic E-state index is -0.197. The minimum absolute atomic E-state index is 0.197. The van der Waals surface area contributed by atoms with Gasteiger partial charge >= 0.3 is 0 Å². The Labute approximate surface area is 112 Å². The summed E-state index contributed by atoms with van der Waals surface area (Å²) < 4.78 is 12.9. The molecule has 0 aliphatic heterocycles. The highest BCUT2D eigenvalue weighted by atomic mass is 35.5. The predicted octanol–water partition coefficient (Wildman–Crippen LogP) is 4.70. The Morgan fingerprint density at radius 1 is 1.11 bits per heavy atom. The second-order valence-electron chi connectivity index (χ2n) is 4.60. The maximum Gasteiger partial charge on any atom is 0.123 e. The minimum Gasteiger partial charge on any atom is -0.207 e. The smallest absolute Gasteiger partial charge is 0.123 e. The van der Waals surface area contributed by atoms with Crippen LogP contribution in [0.1, 0.15) is 22.6 Å².